The number of piperidine rings is 1. The third-order valence-corrected chi connectivity index (χ3v) is 4.53. The van der Waals surface area contributed by atoms with E-state index in [1.807, 2.05) is 13.1 Å². The summed E-state index contributed by atoms with van der Waals surface area (Å²) >= 11 is 0. The number of hydrogen-bond acceptors (Lipinski definition) is 6. The summed E-state index contributed by atoms with van der Waals surface area (Å²) in [5.74, 6) is 1.26. The van der Waals surface area contributed by atoms with Gasteiger partial charge in [-0.15, -0.1) is 0 Å². The molecule has 3 heterocycles. The Morgan fingerprint density at radius 2 is 2.14 bits per heavy atom. The first kappa shape index (κ1) is 13.2. The van der Waals surface area contributed by atoms with Crippen LogP contribution in [0.1, 0.15) is 28.0 Å². The zero-order valence-electron chi connectivity index (χ0n) is 12.3. The summed E-state index contributed by atoms with van der Waals surface area (Å²) in [7, 11) is 0. The maximum absolute atomic E-state index is 10.8. The Hall–Kier alpha value is -2.44. The highest BCUT2D eigenvalue weighted by Gasteiger charge is 2.45. The van der Waals surface area contributed by atoms with Crippen molar-refractivity contribution in [2.24, 2.45) is 11.8 Å². The molecule has 1 aliphatic heterocycles. The summed E-state index contributed by atoms with van der Waals surface area (Å²) < 4.78 is 1.56. The van der Waals surface area contributed by atoms with E-state index in [1.165, 1.54) is 18.8 Å². The number of fused-ring (bicyclic) bond motifs is 1. The van der Waals surface area contributed by atoms with Crippen LogP contribution in [0.25, 0.3) is 0 Å². The quantitative estimate of drug-likeness (QED) is 0.780. The Morgan fingerprint density at radius 3 is 2.77 bits per heavy atom. The van der Waals surface area contributed by atoms with Crippen molar-refractivity contribution in [2.75, 3.05) is 18.0 Å². The maximum atomic E-state index is 10.8. The van der Waals surface area contributed by atoms with E-state index in [2.05, 4.69) is 20.0 Å². The van der Waals surface area contributed by atoms with E-state index >= 15 is 0 Å². The van der Waals surface area contributed by atoms with E-state index in [9.17, 15) is 9.90 Å². The minimum atomic E-state index is -1.22. The smallest absolute Gasteiger partial charge is 0.225 e. The first-order valence-electron chi connectivity index (χ1n) is 7.41. The van der Waals surface area contributed by atoms with Crippen LogP contribution in [0.15, 0.2) is 18.6 Å². The van der Waals surface area contributed by atoms with Gasteiger partial charge in [0.1, 0.15) is 0 Å². The van der Waals surface area contributed by atoms with E-state index in [0.29, 0.717) is 6.54 Å². The summed E-state index contributed by atoms with van der Waals surface area (Å²) in [4.78, 5) is 22.1. The lowest BCUT2D eigenvalue weighted by Gasteiger charge is -2.18. The number of aryl methyl sites for hydroxylation is 1. The number of anilines is 1. The maximum Gasteiger partial charge on any atom is 0.225 e. The Bertz CT molecular complexity index is 731. The van der Waals surface area contributed by atoms with Gasteiger partial charge < -0.3 is 14.8 Å². The zero-order chi connectivity index (χ0) is 15.3. The van der Waals surface area contributed by atoms with Crippen molar-refractivity contribution in [2.45, 2.75) is 19.9 Å². The largest absolute Gasteiger partial charge is 0.545 e. The van der Waals surface area contributed by atoms with Gasteiger partial charge in [0.15, 0.2) is 0 Å². The van der Waals surface area contributed by atoms with Crippen molar-refractivity contribution >= 4 is 11.9 Å². The highest BCUT2D eigenvalue weighted by molar-refractivity contribution is 5.84. The lowest BCUT2D eigenvalue weighted by atomic mass is 10.2. The molecule has 2 aliphatic rings. The highest BCUT2D eigenvalue weighted by atomic mass is 16.4. The fourth-order valence-corrected chi connectivity index (χ4v) is 3.08. The molecule has 1 aliphatic carbocycles. The van der Waals surface area contributed by atoms with Gasteiger partial charge in [-0.2, -0.15) is 5.10 Å². The van der Waals surface area contributed by atoms with Gasteiger partial charge in [0.05, 0.1) is 18.7 Å². The molecule has 2 aromatic heterocycles. The van der Waals surface area contributed by atoms with Crippen LogP contribution in [0.4, 0.5) is 5.95 Å². The number of carboxylic acids is 1. The molecule has 22 heavy (non-hydrogen) atoms. The molecule has 7 nitrogen and oxygen atoms in total. The van der Waals surface area contributed by atoms with Crippen molar-refractivity contribution in [3.8, 4) is 0 Å². The Morgan fingerprint density at radius 1 is 1.36 bits per heavy atom. The molecule has 0 aromatic carbocycles. The van der Waals surface area contributed by atoms with E-state index in [4.69, 9.17) is 0 Å². The molecule has 7 heteroatoms. The predicted molar refractivity (Wildman–Crippen MR) is 76.2 cm³/mol. The van der Waals surface area contributed by atoms with Gasteiger partial charge in [0, 0.05) is 42.3 Å². The fraction of sp³-hybridized carbons (Fsp3) is 0.467. The van der Waals surface area contributed by atoms with Crippen molar-refractivity contribution in [1.29, 1.82) is 0 Å². The number of hydrogen-bond donors (Lipinski definition) is 0. The molecule has 2 unspecified atom stereocenters. The van der Waals surface area contributed by atoms with Crippen LogP contribution in [0, 0.1) is 18.8 Å². The molecule has 0 amide bonds. The molecule has 0 bridgehead atoms. The van der Waals surface area contributed by atoms with Gasteiger partial charge in [-0.05, 0) is 25.2 Å². The molecule has 0 radical (unpaired) electrons. The number of carbonyl (C=O) groups excluding carboxylic acids is 1. The van der Waals surface area contributed by atoms with Gasteiger partial charge in [-0.25, -0.2) is 9.97 Å². The average Bonchev–Trinajstić information content (AvgIpc) is 2.89. The number of rotatable bonds is 4. The lowest BCUT2D eigenvalue weighted by molar-refractivity contribution is -0.255. The first-order valence-corrected chi connectivity index (χ1v) is 7.41. The van der Waals surface area contributed by atoms with Gasteiger partial charge in [-0.3, -0.25) is 4.68 Å². The molecule has 2 aromatic rings. The summed E-state index contributed by atoms with van der Waals surface area (Å²) in [5, 5.41) is 14.8. The van der Waals surface area contributed by atoms with Gasteiger partial charge in [-0.1, -0.05) is 0 Å². The lowest BCUT2D eigenvalue weighted by Crippen LogP contribution is -2.24. The highest BCUT2D eigenvalue weighted by Crippen LogP contribution is 2.45. The van der Waals surface area contributed by atoms with Crippen LogP contribution in [-0.4, -0.2) is 38.8 Å². The summed E-state index contributed by atoms with van der Waals surface area (Å²) in [5.41, 5.74) is 1.91. The normalized spacial score (nSPS) is 22.7. The van der Waals surface area contributed by atoms with Crippen LogP contribution in [0.3, 0.4) is 0 Å². The van der Waals surface area contributed by atoms with E-state index in [-0.39, 0.29) is 5.56 Å². The fourth-order valence-electron chi connectivity index (χ4n) is 3.08. The monoisotopic (exact) mass is 298 g/mol. The molecule has 1 saturated heterocycles. The molecule has 2 atom stereocenters. The first-order chi connectivity index (χ1) is 10.6. The van der Waals surface area contributed by atoms with Gasteiger partial charge in [0.2, 0.25) is 5.95 Å². The van der Waals surface area contributed by atoms with Crippen LogP contribution in [-0.2, 0) is 6.54 Å². The van der Waals surface area contributed by atoms with Gasteiger partial charge in [0.25, 0.3) is 0 Å². The Balaban J connectivity index is 1.50. The number of aromatic nitrogens is 4. The van der Waals surface area contributed by atoms with E-state index in [1.54, 1.807) is 4.68 Å². The number of aromatic carboxylic acids is 1. The summed E-state index contributed by atoms with van der Waals surface area (Å²) in [6.07, 6.45) is 5.91. The third-order valence-electron chi connectivity index (χ3n) is 4.53. The molecular formula is C15H16N5O2-. The van der Waals surface area contributed by atoms with Crippen molar-refractivity contribution in [3.63, 3.8) is 0 Å². The standard InChI is InChI=1S/C15H17N5O2/c1-9-12(7-20-8-13(4-17-20)14(21)22)3-16-15(18-9)19-5-10-2-11(10)6-19/h3-4,8,10-11H,2,5-7H2,1H3,(H,21,22)/p-1. The third kappa shape index (κ3) is 2.32. The molecule has 0 N–H and O–H groups in total. The Labute approximate surface area is 127 Å². The summed E-state index contributed by atoms with van der Waals surface area (Å²) in [6.45, 7) is 4.53. The second-order valence-electron chi connectivity index (χ2n) is 6.16. The molecule has 4 rings (SSSR count). The second-order valence-corrected chi connectivity index (χ2v) is 6.16. The molecule has 114 valence electrons. The van der Waals surface area contributed by atoms with Gasteiger partial charge >= 0.3 is 0 Å². The van der Waals surface area contributed by atoms with Crippen LogP contribution < -0.4 is 10.0 Å². The van der Waals surface area contributed by atoms with Crippen LogP contribution >= 0.6 is 0 Å². The summed E-state index contributed by atoms with van der Waals surface area (Å²) in [6, 6.07) is 0. The van der Waals surface area contributed by atoms with Crippen molar-refractivity contribution < 1.29 is 9.90 Å². The molecule has 1 saturated carbocycles. The molecular weight excluding hydrogens is 282 g/mol. The minimum absolute atomic E-state index is 0.0754. The van der Waals surface area contributed by atoms with Crippen molar-refractivity contribution in [3.05, 3.63) is 35.4 Å². The zero-order valence-corrected chi connectivity index (χ0v) is 12.3. The number of carboxylic acid groups (broad SMARTS) is 1. The average molecular weight is 298 g/mol. The SMILES string of the molecule is Cc1nc(N2CC3CC3C2)ncc1Cn1cc(C(=O)[O-])cn1. The van der Waals surface area contributed by atoms with Crippen LogP contribution in [0.2, 0.25) is 0 Å². The topological polar surface area (TPSA) is 87.0 Å². The Kier molecular flexibility index (Phi) is 2.88. The predicted octanol–water partition coefficient (Wildman–Crippen LogP) is -0.151. The second kappa shape index (κ2) is 4.79. The number of carbonyl (C=O) groups is 1. The van der Waals surface area contributed by atoms with E-state index < -0.39 is 5.97 Å². The number of nitrogens with zero attached hydrogens (tertiary/aromatic N) is 5. The molecule has 2 fully saturated rings. The molecule has 0 spiro atoms. The van der Waals surface area contributed by atoms with E-state index in [0.717, 1.165) is 42.1 Å². The van der Waals surface area contributed by atoms with Crippen LogP contribution in [0.5, 0.6) is 0 Å². The van der Waals surface area contributed by atoms with Crippen molar-refractivity contribution in [1.82, 2.24) is 19.7 Å². The minimum Gasteiger partial charge on any atom is -0.545 e.